The fourth-order valence-electron chi connectivity index (χ4n) is 1.27. The highest BCUT2D eigenvalue weighted by atomic mass is 79.9. The first kappa shape index (κ1) is 12.4. The average Bonchev–Trinajstić information content (AvgIpc) is 2.74. The fraction of sp³-hybridized carbons (Fsp3) is 0.0909. The van der Waals surface area contributed by atoms with Crippen LogP contribution in [0, 0.1) is 11.3 Å². The second kappa shape index (κ2) is 5.50. The van der Waals surface area contributed by atoms with Crippen molar-refractivity contribution < 1.29 is 0 Å². The number of aromatic nitrogens is 1. The smallest absolute Gasteiger partial charge is 0.146 e. The predicted octanol–water partition coefficient (Wildman–Crippen LogP) is 4.04. The summed E-state index contributed by atoms with van der Waals surface area (Å²) >= 11 is 11.1. The summed E-state index contributed by atoms with van der Waals surface area (Å²) in [6.07, 6.45) is 1.57. The van der Waals surface area contributed by atoms with E-state index in [1.807, 2.05) is 17.5 Å². The number of pyridine rings is 1. The van der Waals surface area contributed by atoms with Crippen LogP contribution in [-0.2, 0) is 6.54 Å². The Morgan fingerprint density at radius 3 is 3.06 bits per heavy atom. The van der Waals surface area contributed by atoms with Gasteiger partial charge in [-0.05, 0) is 28.1 Å². The molecule has 0 amide bonds. The Morgan fingerprint density at radius 1 is 1.59 bits per heavy atom. The summed E-state index contributed by atoms with van der Waals surface area (Å²) in [6.45, 7) is 0.637. The third-order valence-corrected chi connectivity index (χ3v) is 4.14. The number of rotatable bonds is 3. The first-order chi connectivity index (χ1) is 8.20. The van der Waals surface area contributed by atoms with Crippen LogP contribution in [0.2, 0.25) is 5.02 Å². The third-order valence-electron chi connectivity index (χ3n) is 2.06. The van der Waals surface area contributed by atoms with E-state index in [0.29, 0.717) is 22.9 Å². The van der Waals surface area contributed by atoms with Gasteiger partial charge in [-0.1, -0.05) is 11.6 Å². The molecule has 1 N–H and O–H groups in total. The van der Waals surface area contributed by atoms with E-state index in [9.17, 15) is 0 Å². The molecule has 17 heavy (non-hydrogen) atoms. The van der Waals surface area contributed by atoms with Gasteiger partial charge in [0.2, 0.25) is 0 Å². The molecule has 0 aliphatic carbocycles. The Kier molecular flexibility index (Phi) is 4.00. The average molecular weight is 329 g/mol. The predicted molar refractivity (Wildman–Crippen MR) is 73.3 cm³/mol. The number of thiophene rings is 1. The zero-order valence-electron chi connectivity index (χ0n) is 8.58. The topological polar surface area (TPSA) is 48.7 Å². The fourth-order valence-corrected chi connectivity index (χ4v) is 2.88. The lowest BCUT2D eigenvalue weighted by molar-refractivity contribution is 1.14. The van der Waals surface area contributed by atoms with Crippen LogP contribution < -0.4 is 5.32 Å². The van der Waals surface area contributed by atoms with Crippen LogP contribution >= 0.6 is 38.9 Å². The molecule has 0 radical (unpaired) electrons. The van der Waals surface area contributed by atoms with Crippen molar-refractivity contribution in [3.63, 3.8) is 0 Å². The van der Waals surface area contributed by atoms with Crippen LogP contribution in [0.25, 0.3) is 0 Å². The highest BCUT2D eigenvalue weighted by Crippen LogP contribution is 2.25. The molecule has 0 fully saturated rings. The van der Waals surface area contributed by atoms with Crippen LogP contribution in [-0.4, -0.2) is 4.98 Å². The molecule has 86 valence electrons. The summed E-state index contributed by atoms with van der Waals surface area (Å²) in [5.41, 5.74) is 0.427. The largest absolute Gasteiger partial charge is 0.364 e. The van der Waals surface area contributed by atoms with Gasteiger partial charge in [0, 0.05) is 20.9 Å². The van der Waals surface area contributed by atoms with Crippen molar-refractivity contribution in [2.45, 2.75) is 6.54 Å². The minimum atomic E-state index is 0.366. The Balaban J connectivity index is 2.12. The molecule has 0 aliphatic rings. The summed E-state index contributed by atoms with van der Waals surface area (Å²) in [6, 6.07) is 5.64. The summed E-state index contributed by atoms with van der Waals surface area (Å²) in [5, 5.41) is 14.3. The van der Waals surface area contributed by atoms with Crippen molar-refractivity contribution in [1.29, 1.82) is 5.26 Å². The van der Waals surface area contributed by atoms with Gasteiger partial charge >= 0.3 is 0 Å². The molecule has 2 aromatic heterocycles. The van der Waals surface area contributed by atoms with Gasteiger partial charge in [-0.3, -0.25) is 0 Å². The molecule has 2 rings (SSSR count). The number of anilines is 1. The molecule has 0 bridgehead atoms. The van der Waals surface area contributed by atoms with Crippen molar-refractivity contribution in [2.24, 2.45) is 0 Å². The minimum Gasteiger partial charge on any atom is -0.364 e. The highest BCUT2D eigenvalue weighted by Gasteiger charge is 2.07. The van der Waals surface area contributed by atoms with Gasteiger partial charge in [-0.2, -0.15) is 5.26 Å². The molecule has 0 unspecified atom stereocenters. The van der Waals surface area contributed by atoms with Crippen molar-refractivity contribution in [1.82, 2.24) is 4.98 Å². The maximum Gasteiger partial charge on any atom is 0.146 e. The maximum atomic E-state index is 8.84. The molecular formula is C11H7BrClN3S. The second-order valence-electron chi connectivity index (χ2n) is 3.22. The standard InChI is InChI=1S/C11H7BrClN3S/c12-8-3-9(17-6-8)5-16-11-10(13)7(4-14)1-2-15-11/h1-3,6H,5H2,(H,15,16). The van der Waals surface area contributed by atoms with Gasteiger partial charge in [0.15, 0.2) is 0 Å². The lowest BCUT2D eigenvalue weighted by Crippen LogP contribution is -2.01. The van der Waals surface area contributed by atoms with Crippen molar-refractivity contribution >= 4 is 44.7 Å². The van der Waals surface area contributed by atoms with Crippen LogP contribution in [0.4, 0.5) is 5.82 Å². The van der Waals surface area contributed by atoms with E-state index in [1.165, 1.54) is 0 Å². The van der Waals surface area contributed by atoms with Gasteiger partial charge in [0.05, 0.1) is 12.1 Å². The van der Waals surface area contributed by atoms with Crippen LogP contribution in [0.3, 0.4) is 0 Å². The van der Waals surface area contributed by atoms with Gasteiger partial charge in [-0.25, -0.2) is 4.98 Å². The molecule has 2 heterocycles. The maximum absolute atomic E-state index is 8.84. The molecule has 0 atom stereocenters. The summed E-state index contributed by atoms with van der Waals surface area (Å²) < 4.78 is 1.06. The van der Waals surface area contributed by atoms with Gasteiger partial charge in [0.1, 0.15) is 16.9 Å². The molecule has 2 aromatic rings. The second-order valence-corrected chi connectivity index (χ2v) is 5.51. The van der Waals surface area contributed by atoms with E-state index in [1.54, 1.807) is 23.6 Å². The number of nitrogens with zero attached hydrogens (tertiary/aromatic N) is 2. The van der Waals surface area contributed by atoms with Crippen LogP contribution in [0.15, 0.2) is 28.2 Å². The number of nitrogens with one attached hydrogen (secondary N) is 1. The molecule has 0 spiro atoms. The van der Waals surface area contributed by atoms with E-state index in [2.05, 4.69) is 26.2 Å². The van der Waals surface area contributed by atoms with Crippen molar-refractivity contribution in [3.05, 3.63) is 43.6 Å². The van der Waals surface area contributed by atoms with Gasteiger partial charge < -0.3 is 5.32 Å². The first-order valence-corrected chi connectivity index (χ1v) is 6.77. The van der Waals surface area contributed by atoms with Gasteiger partial charge in [-0.15, -0.1) is 11.3 Å². The highest BCUT2D eigenvalue weighted by molar-refractivity contribution is 9.10. The van der Waals surface area contributed by atoms with E-state index >= 15 is 0 Å². The molecule has 3 nitrogen and oxygen atoms in total. The summed E-state index contributed by atoms with van der Waals surface area (Å²) in [7, 11) is 0. The van der Waals surface area contributed by atoms with E-state index in [-0.39, 0.29) is 0 Å². The van der Waals surface area contributed by atoms with Crippen LogP contribution in [0.5, 0.6) is 0 Å². The molecule has 0 aromatic carbocycles. The Hall–Kier alpha value is -1.09. The first-order valence-electron chi connectivity index (χ1n) is 4.72. The molecular weight excluding hydrogens is 322 g/mol. The van der Waals surface area contributed by atoms with E-state index < -0.39 is 0 Å². The number of halogens is 2. The summed E-state index contributed by atoms with van der Waals surface area (Å²) in [4.78, 5) is 5.27. The van der Waals surface area contributed by atoms with E-state index in [0.717, 1.165) is 9.35 Å². The zero-order chi connectivity index (χ0) is 12.3. The van der Waals surface area contributed by atoms with Crippen LogP contribution in [0.1, 0.15) is 10.4 Å². The van der Waals surface area contributed by atoms with Crippen molar-refractivity contribution in [3.8, 4) is 6.07 Å². The normalized spacial score (nSPS) is 9.94. The summed E-state index contributed by atoms with van der Waals surface area (Å²) in [5.74, 6) is 0.537. The monoisotopic (exact) mass is 327 g/mol. The number of hydrogen-bond acceptors (Lipinski definition) is 4. The molecule has 0 saturated heterocycles. The minimum absolute atomic E-state index is 0.366. The van der Waals surface area contributed by atoms with Crippen molar-refractivity contribution in [2.75, 3.05) is 5.32 Å². The molecule has 6 heteroatoms. The zero-order valence-corrected chi connectivity index (χ0v) is 11.7. The Bertz CT molecular complexity index is 576. The number of hydrogen-bond donors (Lipinski definition) is 1. The molecule has 0 saturated carbocycles. The van der Waals surface area contributed by atoms with E-state index in [4.69, 9.17) is 16.9 Å². The Morgan fingerprint density at radius 2 is 2.41 bits per heavy atom. The quantitative estimate of drug-likeness (QED) is 0.925. The third kappa shape index (κ3) is 2.97. The lowest BCUT2D eigenvalue weighted by atomic mass is 10.3. The SMILES string of the molecule is N#Cc1ccnc(NCc2cc(Br)cs2)c1Cl. The van der Waals surface area contributed by atoms with Gasteiger partial charge in [0.25, 0.3) is 0 Å². The lowest BCUT2D eigenvalue weighted by Gasteiger charge is -2.06. The molecule has 0 aliphatic heterocycles. The Labute approximate surface area is 116 Å². The number of nitriles is 1.